The van der Waals surface area contributed by atoms with Gasteiger partial charge in [-0.3, -0.25) is 0 Å². The first kappa shape index (κ1) is 11.0. The van der Waals surface area contributed by atoms with Crippen LogP contribution in [0.2, 0.25) is 0 Å². The second-order valence-corrected chi connectivity index (χ2v) is 5.20. The highest BCUT2D eigenvalue weighted by Gasteiger charge is 2.27. The van der Waals surface area contributed by atoms with Crippen LogP contribution in [0.4, 0.5) is 10.3 Å². The van der Waals surface area contributed by atoms with Gasteiger partial charge in [-0.25, -0.2) is 13.9 Å². The molecule has 0 amide bonds. The summed E-state index contributed by atoms with van der Waals surface area (Å²) in [7, 11) is 0. The van der Waals surface area contributed by atoms with E-state index in [0.717, 1.165) is 18.5 Å². The lowest BCUT2D eigenvalue weighted by molar-refractivity contribution is 0.629. The van der Waals surface area contributed by atoms with E-state index in [1.165, 1.54) is 19.0 Å². The summed E-state index contributed by atoms with van der Waals surface area (Å²) in [6, 6.07) is 0. The SMILES string of the molecule is Nc1ncc2c(F)c(Br)c(C3CCCC3)n2n1. The number of aromatic nitrogens is 3. The van der Waals surface area contributed by atoms with Crippen LogP contribution in [0.3, 0.4) is 0 Å². The van der Waals surface area contributed by atoms with Gasteiger partial charge in [0.25, 0.3) is 0 Å². The standard InChI is InChI=1S/C11H12BrFN4/c12-8-9(13)7-5-15-11(14)16-17(7)10(8)6-3-1-2-4-6/h5-6H,1-4H2,(H2,14,16). The molecule has 1 aliphatic carbocycles. The summed E-state index contributed by atoms with van der Waals surface area (Å²) in [6.45, 7) is 0. The predicted molar refractivity (Wildman–Crippen MR) is 66.3 cm³/mol. The Morgan fingerprint density at radius 1 is 1.41 bits per heavy atom. The van der Waals surface area contributed by atoms with Gasteiger partial charge >= 0.3 is 0 Å². The highest BCUT2D eigenvalue weighted by atomic mass is 79.9. The number of hydrogen-bond acceptors (Lipinski definition) is 3. The molecule has 0 aliphatic heterocycles. The fourth-order valence-corrected chi connectivity index (χ4v) is 3.26. The molecule has 0 unspecified atom stereocenters. The highest BCUT2D eigenvalue weighted by Crippen LogP contribution is 2.40. The lowest BCUT2D eigenvalue weighted by Crippen LogP contribution is -2.06. The first-order valence-electron chi connectivity index (χ1n) is 5.66. The topological polar surface area (TPSA) is 56.2 Å². The fourth-order valence-electron chi connectivity index (χ4n) is 2.57. The van der Waals surface area contributed by atoms with E-state index < -0.39 is 0 Å². The maximum atomic E-state index is 14.0. The van der Waals surface area contributed by atoms with Gasteiger partial charge in [-0.2, -0.15) is 0 Å². The van der Waals surface area contributed by atoms with Crippen molar-refractivity contribution >= 4 is 27.4 Å². The molecule has 6 heteroatoms. The van der Waals surface area contributed by atoms with Crippen LogP contribution in [-0.2, 0) is 0 Å². The summed E-state index contributed by atoms with van der Waals surface area (Å²) < 4.78 is 16.1. The average Bonchev–Trinajstić information content (AvgIpc) is 2.88. The van der Waals surface area contributed by atoms with E-state index in [4.69, 9.17) is 5.73 Å². The van der Waals surface area contributed by atoms with Crippen LogP contribution in [0.1, 0.15) is 37.3 Å². The molecule has 1 aliphatic rings. The maximum Gasteiger partial charge on any atom is 0.238 e. The van der Waals surface area contributed by atoms with E-state index in [2.05, 4.69) is 26.0 Å². The van der Waals surface area contributed by atoms with Gasteiger partial charge in [0.1, 0.15) is 5.52 Å². The molecule has 1 fully saturated rings. The largest absolute Gasteiger partial charge is 0.367 e. The van der Waals surface area contributed by atoms with Crippen molar-refractivity contribution in [1.82, 2.24) is 14.6 Å². The first-order chi connectivity index (χ1) is 8.18. The van der Waals surface area contributed by atoms with Crippen LogP contribution in [0.15, 0.2) is 10.7 Å². The van der Waals surface area contributed by atoms with Crippen molar-refractivity contribution in [1.29, 1.82) is 0 Å². The molecule has 2 heterocycles. The van der Waals surface area contributed by atoms with Crippen LogP contribution in [0, 0.1) is 5.82 Å². The van der Waals surface area contributed by atoms with Crippen molar-refractivity contribution in [2.45, 2.75) is 31.6 Å². The molecule has 0 saturated heterocycles. The zero-order valence-electron chi connectivity index (χ0n) is 9.16. The number of anilines is 1. The number of nitrogens with two attached hydrogens (primary N) is 1. The molecule has 17 heavy (non-hydrogen) atoms. The minimum Gasteiger partial charge on any atom is -0.367 e. The average molecular weight is 299 g/mol. The van der Waals surface area contributed by atoms with Gasteiger partial charge in [-0.05, 0) is 28.8 Å². The molecule has 3 rings (SSSR count). The predicted octanol–water partition coefficient (Wildman–Crippen LogP) is 2.87. The molecule has 0 bridgehead atoms. The normalized spacial score (nSPS) is 17.1. The van der Waals surface area contributed by atoms with Gasteiger partial charge in [0, 0.05) is 5.92 Å². The molecule has 4 nitrogen and oxygen atoms in total. The fraction of sp³-hybridized carbons (Fsp3) is 0.455. The van der Waals surface area contributed by atoms with Gasteiger partial charge in [-0.15, -0.1) is 5.10 Å². The first-order valence-corrected chi connectivity index (χ1v) is 6.46. The Balaban J connectivity index is 2.27. The molecule has 2 aromatic heterocycles. The van der Waals surface area contributed by atoms with Gasteiger partial charge in [0.05, 0.1) is 16.4 Å². The summed E-state index contributed by atoms with van der Waals surface area (Å²) in [4.78, 5) is 3.83. The number of nitrogens with zero attached hydrogens (tertiary/aromatic N) is 3. The van der Waals surface area contributed by atoms with Crippen molar-refractivity contribution in [3.8, 4) is 0 Å². The van der Waals surface area contributed by atoms with Gasteiger partial charge in [-0.1, -0.05) is 12.8 Å². The summed E-state index contributed by atoms with van der Waals surface area (Å²) in [5.74, 6) is 0.224. The third-order valence-corrected chi connectivity index (χ3v) is 4.12. The van der Waals surface area contributed by atoms with Crippen molar-refractivity contribution in [3.63, 3.8) is 0 Å². The number of hydrogen-bond donors (Lipinski definition) is 1. The monoisotopic (exact) mass is 298 g/mol. The molecule has 0 spiro atoms. The number of nitrogen functional groups attached to an aromatic ring is 1. The quantitative estimate of drug-likeness (QED) is 0.881. The third kappa shape index (κ3) is 1.62. The van der Waals surface area contributed by atoms with Crippen LogP contribution in [-0.4, -0.2) is 14.6 Å². The molecular formula is C11H12BrFN4. The van der Waals surface area contributed by atoms with E-state index in [-0.39, 0.29) is 11.8 Å². The Morgan fingerprint density at radius 2 is 2.12 bits per heavy atom. The molecule has 2 N–H and O–H groups in total. The summed E-state index contributed by atoms with van der Waals surface area (Å²) in [6.07, 6.45) is 5.96. The van der Waals surface area contributed by atoms with Crippen LogP contribution in [0.25, 0.3) is 5.52 Å². The molecule has 0 aromatic carbocycles. The van der Waals surface area contributed by atoms with Gasteiger partial charge in [0.15, 0.2) is 5.82 Å². The van der Waals surface area contributed by atoms with Crippen LogP contribution in [0.5, 0.6) is 0 Å². The zero-order chi connectivity index (χ0) is 12.0. The highest BCUT2D eigenvalue weighted by molar-refractivity contribution is 9.10. The Kier molecular flexibility index (Phi) is 2.54. The molecule has 2 aromatic rings. The summed E-state index contributed by atoms with van der Waals surface area (Å²) in [5.41, 5.74) is 6.85. The second kappa shape index (κ2) is 3.94. The van der Waals surface area contributed by atoms with E-state index in [0.29, 0.717) is 15.9 Å². The van der Waals surface area contributed by atoms with E-state index in [9.17, 15) is 4.39 Å². The molecule has 1 saturated carbocycles. The lowest BCUT2D eigenvalue weighted by atomic mass is 10.0. The Bertz CT molecular complexity index is 574. The van der Waals surface area contributed by atoms with E-state index in [1.54, 1.807) is 4.52 Å². The Morgan fingerprint density at radius 3 is 2.82 bits per heavy atom. The van der Waals surface area contributed by atoms with Crippen molar-refractivity contribution in [2.24, 2.45) is 0 Å². The molecular weight excluding hydrogens is 287 g/mol. The van der Waals surface area contributed by atoms with Gasteiger partial charge in [0.2, 0.25) is 5.95 Å². The van der Waals surface area contributed by atoms with Crippen molar-refractivity contribution in [2.75, 3.05) is 5.73 Å². The number of fused-ring (bicyclic) bond motifs is 1. The Hall–Kier alpha value is -1.17. The summed E-state index contributed by atoms with van der Waals surface area (Å²) >= 11 is 3.32. The lowest BCUT2D eigenvalue weighted by Gasteiger charge is -2.09. The molecule has 0 atom stereocenters. The minimum absolute atomic E-state index is 0.166. The van der Waals surface area contributed by atoms with Crippen LogP contribution >= 0.6 is 15.9 Å². The molecule has 0 radical (unpaired) electrons. The van der Waals surface area contributed by atoms with Gasteiger partial charge < -0.3 is 5.73 Å². The van der Waals surface area contributed by atoms with Crippen molar-refractivity contribution < 1.29 is 4.39 Å². The molecule has 90 valence electrons. The zero-order valence-corrected chi connectivity index (χ0v) is 10.7. The minimum atomic E-state index is -0.299. The van der Waals surface area contributed by atoms with E-state index in [1.807, 2.05) is 0 Å². The maximum absolute atomic E-state index is 14.0. The second-order valence-electron chi connectivity index (χ2n) is 4.41. The van der Waals surface area contributed by atoms with E-state index >= 15 is 0 Å². The number of rotatable bonds is 1. The van der Waals surface area contributed by atoms with Crippen molar-refractivity contribution in [3.05, 3.63) is 22.2 Å². The van der Waals surface area contributed by atoms with Crippen LogP contribution < -0.4 is 5.73 Å². The Labute approximate surface area is 106 Å². The third-order valence-electron chi connectivity index (χ3n) is 3.36. The number of halogens is 2. The smallest absolute Gasteiger partial charge is 0.238 e. The summed E-state index contributed by atoms with van der Waals surface area (Å²) in [5, 5.41) is 4.12.